The smallest absolute Gasteiger partial charge is 0.149 e. The van der Waals surface area contributed by atoms with Crippen LogP contribution in [-0.2, 0) is 4.74 Å². The van der Waals surface area contributed by atoms with Crippen molar-refractivity contribution in [2.45, 2.75) is 38.5 Å². The van der Waals surface area contributed by atoms with Crippen LogP contribution < -0.4 is 0 Å². The highest BCUT2D eigenvalue weighted by Crippen LogP contribution is 2.37. The van der Waals surface area contributed by atoms with Crippen molar-refractivity contribution in [3.8, 4) is 0 Å². The maximum absolute atomic E-state index is 5.57. The van der Waals surface area contributed by atoms with Crippen LogP contribution in [-0.4, -0.2) is 17.5 Å². The zero-order chi connectivity index (χ0) is 6.48. The molecule has 0 aromatic rings. The molecule has 9 heavy (non-hydrogen) atoms. The topological polar surface area (TPSA) is 21.6 Å². The Morgan fingerprint density at radius 2 is 2.56 bits per heavy atom. The molecule has 0 radical (unpaired) electrons. The third-order valence-electron chi connectivity index (χ3n) is 2.37. The predicted octanol–water partition coefficient (Wildman–Crippen LogP) is 1.36. The fourth-order valence-corrected chi connectivity index (χ4v) is 1.53. The number of hydrogen-bond donors (Lipinski definition) is 0. The monoisotopic (exact) mass is 125 g/mol. The Kier molecular flexibility index (Phi) is 0.826. The van der Waals surface area contributed by atoms with Crippen LogP contribution in [0, 0.1) is 0 Å². The summed E-state index contributed by atoms with van der Waals surface area (Å²) >= 11 is 0. The molecule has 0 aliphatic carbocycles. The van der Waals surface area contributed by atoms with E-state index in [0.717, 1.165) is 12.8 Å². The highest BCUT2D eigenvalue weighted by atomic mass is 16.5. The molecule has 2 heteroatoms. The first-order chi connectivity index (χ1) is 4.21. The summed E-state index contributed by atoms with van der Waals surface area (Å²) in [5.41, 5.74) is 1.20. The van der Waals surface area contributed by atoms with Crippen LogP contribution in [0.2, 0.25) is 0 Å². The molecular formula is C7H11NO. The SMILES string of the molecule is CC1=NC2CCC1(C)O2. The predicted molar refractivity (Wildman–Crippen MR) is 35.6 cm³/mol. The summed E-state index contributed by atoms with van der Waals surface area (Å²) in [5.74, 6) is 0. The molecular weight excluding hydrogens is 114 g/mol. The zero-order valence-corrected chi connectivity index (χ0v) is 5.85. The van der Waals surface area contributed by atoms with Crippen LogP contribution in [0.15, 0.2) is 4.99 Å². The van der Waals surface area contributed by atoms with Gasteiger partial charge in [-0.2, -0.15) is 0 Å². The van der Waals surface area contributed by atoms with E-state index in [0.29, 0.717) is 0 Å². The van der Waals surface area contributed by atoms with Gasteiger partial charge in [0.25, 0.3) is 0 Å². The van der Waals surface area contributed by atoms with Crippen molar-refractivity contribution in [1.82, 2.24) is 0 Å². The highest BCUT2D eigenvalue weighted by molar-refractivity contribution is 5.92. The Hall–Kier alpha value is -0.370. The van der Waals surface area contributed by atoms with Crippen LogP contribution in [0.25, 0.3) is 0 Å². The lowest BCUT2D eigenvalue weighted by molar-refractivity contribution is 0.0449. The maximum atomic E-state index is 5.57. The molecule has 2 atom stereocenters. The molecule has 0 saturated carbocycles. The summed E-state index contributed by atoms with van der Waals surface area (Å²) in [6, 6.07) is 0. The van der Waals surface area contributed by atoms with Gasteiger partial charge in [-0.3, -0.25) is 4.99 Å². The number of aliphatic imine (C=N–C) groups is 1. The maximum Gasteiger partial charge on any atom is 0.149 e. The summed E-state index contributed by atoms with van der Waals surface area (Å²) in [6.45, 7) is 4.18. The summed E-state index contributed by atoms with van der Waals surface area (Å²) in [6.07, 6.45) is 2.48. The molecule has 2 bridgehead atoms. The first-order valence-electron chi connectivity index (χ1n) is 3.43. The minimum atomic E-state index is 0.0185. The fraction of sp³-hybridized carbons (Fsp3) is 0.857. The third-order valence-corrected chi connectivity index (χ3v) is 2.37. The van der Waals surface area contributed by atoms with Gasteiger partial charge >= 0.3 is 0 Å². The molecule has 0 aromatic heterocycles. The average molecular weight is 125 g/mol. The number of hydrogen-bond acceptors (Lipinski definition) is 2. The van der Waals surface area contributed by atoms with E-state index >= 15 is 0 Å². The van der Waals surface area contributed by atoms with Gasteiger partial charge in [0.1, 0.15) is 11.8 Å². The van der Waals surface area contributed by atoms with Crippen molar-refractivity contribution in [3.05, 3.63) is 0 Å². The van der Waals surface area contributed by atoms with E-state index in [4.69, 9.17) is 4.74 Å². The molecule has 0 amide bonds. The van der Waals surface area contributed by atoms with E-state index in [2.05, 4.69) is 18.8 Å². The van der Waals surface area contributed by atoms with Gasteiger partial charge in [0, 0.05) is 5.71 Å². The molecule has 2 aliphatic heterocycles. The summed E-state index contributed by atoms with van der Waals surface area (Å²) < 4.78 is 5.57. The highest BCUT2D eigenvalue weighted by Gasteiger charge is 2.43. The van der Waals surface area contributed by atoms with Crippen LogP contribution in [0.4, 0.5) is 0 Å². The van der Waals surface area contributed by atoms with E-state index in [1.165, 1.54) is 5.71 Å². The Morgan fingerprint density at radius 3 is 2.78 bits per heavy atom. The third kappa shape index (κ3) is 0.568. The van der Waals surface area contributed by atoms with Crippen molar-refractivity contribution in [3.63, 3.8) is 0 Å². The quantitative estimate of drug-likeness (QED) is 0.479. The largest absolute Gasteiger partial charge is 0.345 e. The van der Waals surface area contributed by atoms with Gasteiger partial charge in [0.15, 0.2) is 0 Å². The fourth-order valence-electron chi connectivity index (χ4n) is 1.53. The molecule has 0 spiro atoms. The molecule has 50 valence electrons. The van der Waals surface area contributed by atoms with E-state index in [1.807, 2.05) is 0 Å². The second-order valence-electron chi connectivity index (χ2n) is 3.06. The molecule has 2 heterocycles. The van der Waals surface area contributed by atoms with Crippen LogP contribution in [0.1, 0.15) is 26.7 Å². The van der Waals surface area contributed by atoms with Crippen LogP contribution in [0.5, 0.6) is 0 Å². The first kappa shape index (κ1) is 5.42. The van der Waals surface area contributed by atoms with Crippen LogP contribution in [0.3, 0.4) is 0 Å². The van der Waals surface area contributed by atoms with Crippen LogP contribution >= 0.6 is 0 Å². The molecule has 1 fully saturated rings. The van der Waals surface area contributed by atoms with Gasteiger partial charge in [-0.05, 0) is 26.7 Å². The van der Waals surface area contributed by atoms with Crippen molar-refractivity contribution in [2.24, 2.45) is 4.99 Å². The van der Waals surface area contributed by atoms with Crippen molar-refractivity contribution in [2.75, 3.05) is 0 Å². The lowest BCUT2D eigenvalue weighted by Crippen LogP contribution is -2.28. The Bertz CT molecular complexity index is 176. The van der Waals surface area contributed by atoms with Crippen molar-refractivity contribution >= 4 is 5.71 Å². The van der Waals surface area contributed by atoms with Crippen molar-refractivity contribution < 1.29 is 4.74 Å². The van der Waals surface area contributed by atoms with Gasteiger partial charge in [0.05, 0.1) is 0 Å². The standard InChI is InChI=1S/C7H11NO/c1-5-7(2)4-3-6(8-5)9-7/h6H,3-4H2,1-2H3. The molecule has 2 nitrogen and oxygen atoms in total. The second kappa shape index (κ2) is 1.37. The minimum Gasteiger partial charge on any atom is -0.345 e. The summed E-state index contributed by atoms with van der Waals surface area (Å²) in [7, 11) is 0. The van der Waals surface area contributed by atoms with Gasteiger partial charge < -0.3 is 4.74 Å². The Morgan fingerprint density at radius 1 is 1.78 bits per heavy atom. The lowest BCUT2D eigenvalue weighted by Gasteiger charge is -2.17. The minimum absolute atomic E-state index is 0.0185. The van der Waals surface area contributed by atoms with Gasteiger partial charge in [-0.25, -0.2) is 0 Å². The molecule has 0 N–H and O–H groups in total. The first-order valence-corrected chi connectivity index (χ1v) is 3.43. The van der Waals surface area contributed by atoms with E-state index < -0.39 is 0 Å². The molecule has 2 aliphatic rings. The number of nitrogens with zero attached hydrogens (tertiary/aromatic N) is 1. The van der Waals surface area contributed by atoms with Crippen molar-refractivity contribution in [1.29, 1.82) is 0 Å². The van der Waals surface area contributed by atoms with Gasteiger partial charge in [-0.15, -0.1) is 0 Å². The Labute approximate surface area is 54.9 Å². The Balaban J connectivity index is 2.37. The average Bonchev–Trinajstić information content (AvgIpc) is 2.22. The van der Waals surface area contributed by atoms with Gasteiger partial charge in [0.2, 0.25) is 0 Å². The second-order valence-corrected chi connectivity index (χ2v) is 3.06. The number of rotatable bonds is 0. The summed E-state index contributed by atoms with van der Waals surface area (Å²) in [5, 5.41) is 0. The van der Waals surface area contributed by atoms with E-state index in [9.17, 15) is 0 Å². The molecule has 0 aromatic carbocycles. The normalized spacial score (nSPS) is 47.8. The zero-order valence-electron chi connectivity index (χ0n) is 5.85. The van der Waals surface area contributed by atoms with E-state index in [-0.39, 0.29) is 11.8 Å². The van der Waals surface area contributed by atoms with Gasteiger partial charge in [-0.1, -0.05) is 0 Å². The molecule has 2 unspecified atom stereocenters. The summed E-state index contributed by atoms with van der Waals surface area (Å²) in [4.78, 5) is 4.32. The number of ether oxygens (including phenoxy) is 1. The molecule has 2 rings (SSSR count). The van der Waals surface area contributed by atoms with E-state index in [1.54, 1.807) is 0 Å². The number of fused-ring (bicyclic) bond motifs is 2. The lowest BCUT2D eigenvalue weighted by atomic mass is 9.96. The molecule has 1 saturated heterocycles.